The lowest BCUT2D eigenvalue weighted by molar-refractivity contribution is 0.476. The van der Waals surface area contributed by atoms with Gasteiger partial charge in [-0.1, -0.05) is 24.3 Å². The summed E-state index contributed by atoms with van der Waals surface area (Å²) in [6.07, 6.45) is 0. The summed E-state index contributed by atoms with van der Waals surface area (Å²) in [5.74, 6) is 0.514. The molecule has 3 aromatic rings. The van der Waals surface area contributed by atoms with E-state index in [4.69, 9.17) is 0 Å². The highest BCUT2D eigenvalue weighted by Crippen LogP contribution is 2.29. The van der Waals surface area contributed by atoms with E-state index in [0.717, 1.165) is 21.5 Å². The van der Waals surface area contributed by atoms with Crippen LogP contribution in [0.5, 0.6) is 11.5 Å². The Morgan fingerprint density at radius 2 is 1.19 bits per heavy atom. The SMILES string of the molecule is Oc1ccc2c(ccc3ccc(O)cc32)c1. The molecule has 0 aliphatic carbocycles. The van der Waals surface area contributed by atoms with Crippen LogP contribution in [0, 0.1) is 0 Å². The van der Waals surface area contributed by atoms with E-state index in [1.54, 1.807) is 24.3 Å². The molecule has 16 heavy (non-hydrogen) atoms. The number of hydrogen-bond acceptors (Lipinski definition) is 2. The van der Waals surface area contributed by atoms with Crippen LogP contribution in [-0.4, -0.2) is 10.2 Å². The fraction of sp³-hybridized carbons (Fsp3) is 0. The first-order valence-corrected chi connectivity index (χ1v) is 5.08. The van der Waals surface area contributed by atoms with E-state index in [2.05, 4.69) is 0 Å². The number of benzene rings is 3. The van der Waals surface area contributed by atoms with Crippen molar-refractivity contribution in [2.45, 2.75) is 0 Å². The zero-order valence-corrected chi connectivity index (χ0v) is 8.51. The number of rotatable bonds is 0. The molecule has 0 aliphatic rings. The fourth-order valence-electron chi connectivity index (χ4n) is 2.04. The van der Waals surface area contributed by atoms with E-state index in [0.29, 0.717) is 0 Å². The molecule has 78 valence electrons. The van der Waals surface area contributed by atoms with Crippen LogP contribution in [0.1, 0.15) is 0 Å². The Morgan fingerprint density at radius 1 is 0.562 bits per heavy atom. The summed E-state index contributed by atoms with van der Waals surface area (Å²) in [6, 6.07) is 14.5. The average molecular weight is 210 g/mol. The molecule has 2 N–H and O–H groups in total. The van der Waals surface area contributed by atoms with Crippen LogP contribution in [0.3, 0.4) is 0 Å². The van der Waals surface area contributed by atoms with E-state index in [9.17, 15) is 10.2 Å². The van der Waals surface area contributed by atoms with Crippen LogP contribution in [0.15, 0.2) is 48.5 Å². The maximum absolute atomic E-state index is 9.49. The first-order chi connectivity index (χ1) is 7.74. The average Bonchev–Trinajstić information content (AvgIpc) is 2.28. The summed E-state index contributed by atoms with van der Waals surface area (Å²) >= 11 is 0. The monoisotopic (exact) mass is 210 g/mol. The second-order valence-corrected chi connectivity index (χ2v) is 3.88. The molecular formula is C14H10O2. The Hall–Kier alpha value is -2.22. The number of phenolic OH excluding ortho intramolecular Hbond substituents is 2. The van der Waals surface area contributed by atoms with Gasteiger partial charge in [-0.3, -0.25) is 0 Å². The summed E-state index contributed by atoms with van der Waals surface area (Å²) < 4.78 is 0. The van der Waals surface area contributed by atoms with Crippen molar-refractivity contribution in [1.82, 2.24) is 0 Å². The van der Waals surface area contributed by atoms with Crippen LogP contribution >= 0.6 is 0 Å². The van der Waals surface area contributed by atoms with Gasteiger partial charge in [0.1, 0.15) is 11.5 Å². The smallest absolute Gasteiger partial charge is 0.116 e. The van der Waals surface area contributed by atoms with Gasteiger partial charge in [0.2, 0.25) is 0 Å². The van der Waals surface area contributed by atoms with Crippen molar-refractivity contribution in [3.8, 4) is 11.5 Å². The number of fused-ring (bicyclic) bond motifs is 3. The maximum Gasteiger partial charge on any atom is 0.116 e. The van der Waals surface area contributed by atoms with Gasteiger partial charge >= 0.3 is 0 Å². The van der Waals surface area contributed by atoms with Crippen molar-refractivity contribution < 1.29 is 10.2 Å². The van der Waals surface area contributed by atoms with E-state index < -0.39 is 0 Å². The third-order valence-corrected chi connectivity index (χ3v) is 2.80. The normalized spacial score (nSPS) is 11.0. The van der Waals surface area contributed by atoms with E-state index in [1.807, 2.05) is 24.3 Å². The highest BCUT2D eigenvalue weighted by Gasteiger charge is 2.02. The Bertz CT molecular complexity index is 687. The van der Waals surface area contributed by atoms with Gasteiger partial charge in [0.15, 0.2) is 0 Å². The largest absolute Gasteiger partial charge is 0.508 e. The van der Waals surface area contributed by atoms with E-state index in [-0.39, 0.29) is 11.5 Å². The molecule has 0 bridgehead atoms. The van der Waals surface area contributed by atoms with Gasteiger partial charge in [-0.05, 0) is 45.8 Å². The molecule has 0 atom stereocenters. The molecule has 0 aromatic heterocycles. The third-order valence-electron chi connectivity index (χ3n) is 2.80. The lowest BCUT2D eigenvalue weighted by Crippen LogP contribution is -1.77. The van der Waals surface area contributed by atoms with Gasteiger partial charge < -0.3 is 10.2 Å². The molecule has 3 rings (SSSR count). The summed E-state index contributed by atoms with van der Waals surface area (Å²) in [5.41, 5.74) is 0. The predicted octanol–water partition coefficient (Wildman–Crippen LogP) is 3.40. The molecule has 0 amide bonds. The lowest BCUT2D eigenvalue weighted by atomic mass is 10.0. The number of hydrogen-bond donors (Lipinski definition) is 2. The third kappa shape index (κ3) is 1.27. The molecule has 2 heteroatoms. The Balaban J connectivity index is 2.52. The fourth-order valence-corrected chi connectivity index (χ4v) is 2.04. The molecule has 3 aromatic carbocycles. The molecule has 0 saturated carbocycles. The number of phenols is 2. The van der Waals surface area contributed by atoms with E-state index in [1.165, 1.54) is 0 Å². The van der Waals surface area contributed by atoms with Crippen molar-refractivity contribution >= 4 is 21.5 Å². The van der Waals surface area contributed by atoms with Gasteiger partial charge in [-0.2, -0.15) is 0 Å². The van der Waals surface area contributed by atoms with Gasteiger partial charge in [0.05, 0.1) is 0 Å². The minimum absolute atomic E-state index is 0.256. The van der Waals surface area contributed by atoms with Crippen molar-refractivity contribution in [2.24, 2.45) is 0 Å². The second kappa shape index (κ2) is 3.14. The summed E-state index contributed by atoms with van der Waals surface area (Å²) in [4.78, 5) is 0. The second-order valence-electron chi connectivity index (χ2n) is 3.88. The molecule has 2 nitrogen and oxygen atoms in total. The van der Waals surface area contributed by atoms with Crippen LogP contribution in [0.2, 0.25) is 0 Å². The van der Waals surface area contributed by atoms with Gasteiger partial charge in [-0.25, -0.2) is 0 Å². The molecule has 0 aliphatic heterocycles. The topological polar surface area (TPSA) is 40.5 Å². The van der Waals surface area contributed by atoms with Crippen LogP contribution < -0.4 is 0 Å². The molecule has 0 heterocycles. The molecule has 0 saturated heterocycles. The zero-order chi connectivity index (χ0) is 11.1. The van der Waals surface area contributed by atoms with E-state index >= 15 is 0 Å². The molecule has 0 radical (unpaired) electrons. The molecule has 0 unspecified atom stereocenters. The van der Waals surface area contributed by atoms with Crippen molar-refractivity contribution in [1.29, 1.82) is 0 Å². The Morgan fingerprint density at radius 3 is 2.06 bits per heavy atom. The first kappa shape index (κ1) is 9.04. The standard InChI is InChI=1S/C14H10O2/c15-11-5-6-13-10(7-11)2-1-9-3-4-12(16)8-14(9)13/h1-8,15-16H. The first-order valence-electron chi connectivity index (χ1n) is 5.08. The summed E-state index contributed by atoms with van der Waals surface area (Å²) in [5, 5.41) is 23.0. The quantitative estimate of drug-likeness (QED) is 0.558. The highest BCUT2D eigenvalue weighted by atomic mass is 16.3. The lowest BCUT2D eigenvalue weighted by Gasteiger charge is -2.04. The Kier molecular flexibility index (Phi) is 1.77. The minimum atomic E-state index is 0.256. The predicted molar refractivity (Wildman–Crippen MR) is 64.8 cm³/mol. The minimum Gasteiger partial charge on any atom is -0.508 e. The molecular weight excluding hydrogens is 200 g/mol. The van der Waals surface area contributed by atoms with Crippen LogP contribution in [-0.2, 0) is 0 Å². The van der Waals surface area contributed by atoms with Gasteiger partial charge in [0, 0.05) is 0 Å². The highest BCUT2D eigenvalue weighted by molar-refractivity contribution is 6.08. The Labute approximate surface area is 92.4 Å². The van der Waals surface area contributed by atoms with Crippen molar-refractivity contribution in [2.75, 3.05) is 0 Å². The van der Waals surface area contributed by atoms with Gasteiger partial charge in [-0.15, -0.1) is 0 Å². The maximum atomic E-state index is 9.49. The van der Waals surface area contributed by atoms with Crippen molar-refractivity contribution in [3.63, 3.8) is 0 Å². The summed E-state index contributed by atoms with van der Waals surface area (Å²) in [6.45, 7) is 0. The van der Waals surface area contributed by atoms with Gasteiger partial charge in [0.25, 0.3) is 0 Å². The molecule has 0 spiro atoms. The number of aromatic hydroxyl groups is 2. The zero-order valence-electron chi connectivity index (χ0n) is 8.51. The molecule has 0 fully saturated rings. The van der Waals surface area contributed by atoms with Crippen molar-refractivity contribution in [3.05, 3.63) is 48.5 Å². The van der Waals surface area contributed by atoms with Crippen LogP contribution in [0.25, 0.3) is 21.5 Å². The summed E-state index contributed by atoms with van der Waals surface area (Å²) in [7, 11) is 0. The van der Waals surface area contributed by atoms with Crippen LogP contribution in [0.4, 0.5) is 0 Å².